The molecule has 1 heterocycles. The zero-order valence-electron chi connectivity index (χ0n) is 19.3. The molecule has 1 N–H and O–H groups in total. The summed E-state index contributed by atoms with van der Waals surface area (Å²) in [7, 11) is 3.03. The molecule has 0 spiro atoms. The fourth-order valence-corrected chi connectivity index (χ4v) is 3.99. The Morgan fingerprint density at radius 2 is 1.69 bits per heavy atom. The van der Waals surface area contributed by atoms with Crippen molar-refractivity contribution in [2.45, 2.75) is 45.6 Å². The predicted octanol–water partition coefficient (Wildman–Crippen LogP) is 5.05. The minimum absolute atomic E-state index is 0.0932. The van der Waals surface area contributed by atoms with E-state index in [9.17, 15) is 14.7 Å². The van der Waals surface area contributed by atoms with Crippen LogP contribution in [0.5, 0.6) is 11.5 Å². The SMILES string of the molecule is CCCCN1C(=O)C(=O)/C(=C(\O)c2ccc(OC)c(OC)c2)C1c1ccc(C(C)C)cc1. The maximum Gasteiger partial charge on any atom is 0.295 e. The first-order valence-electron chi connectivity index (χ1n) is 10.9. The van der Waals surface area contributed by atoms with Gasteiger partial charge in [0.1, 0.15) is 5.76 Å². The Hall–Kier alpha value is -3.28. The summed E-state index contributed by atoms with van der Waals surface area (Å²) in [6.45, 7) is 6.70. The van der Waals surface area contributed by atoms with E-state index in [0.717, 1.165) is 18.4 Å². The maximum atomic E-state index is 13.1. The van der Waals surface area contributed by atoms with E-state index in [0.29, 0.717) is 29.5 Å². The number of methoxy groups -OCH3 is 2. The van der Waals surface area contributed by atoms with Crippen LogP contribution in [-0.4, -0.2) is 42.5 Å². The fourth-order valence-electron chi connectivity index (χ4n) is 3.99. The number of likely N-dealkylation sites (tertiary alicyclic amines) is 1. The van der Waals surface area contributed by atoms with Crippen molar-refractivity contribution in [3.05, 3.63) is 64.7 Å². The third kappa shape index (κ3) is 4.35. The number of nitrogens with zero attached hydrogens (tertiary/aromatic N) is 1. The summed E-state index contributed by atoms with van der Waals surface area (Å²) in [6.07, 6.45) is 1.65. The fraction of sp³-hybridized carbons (Fsp3) is 0.385. The number of carbonyl (C=O) groups excluding carboxylic acids is 2. The highest BCUT2D eigenvalue weighted by atomic mass is 16.5. The van der Waals surface area contributed by atoms with Crippen LogP contribution in [0.15, 0.2) is 48.0 Å². The van der Waals surface area contributed by atoms with Crippen LogP contribution in [0.1, 0.15) is 62.3 Å². The van der Waals surface area contributed by atoms with E-state index in [4.69, 9.17) is 9.47 Å². The van der Waals surface area contributed by atoms with Gasteiger partial charge in [-0.1, -0.05) is 51.5 Å². The van der Waals surface area contributed by atoms with Gasteiger partial charge in [-0.05, 0) is 41.7 Å². The van der Waals surface area contributed by atoms with Gasteiger partial charge in [0.25, 0.3) is 11.7 Å². The van der Waals surface area contributed by atoms with Crippen LogP contribution >= 0.6 is 0 Å². The zero-order valence-corrected chi connectivity index (χ0v) is 19.3. The van der Waals surface area contributed by atoms with E-state index >= 15 is 0 Å². The molecule has 1 amide bonds. The lowest BCUT2D eigenvalue weighted by molar-refractivity contribution is -0.139. The standard InChI is InChI=1S/C26H31NO5/c1-6-7-14-27-23(18-10-8-17(9-11-18)16(2)3)22(25(29)26(27)30)24(28)19-12-13-20(31-4)21(15-19)32-5/h8-13,15-16,23,28H,6-7,14H2,1-5H3/b24-22-. The summed E-state index contributed by atoms with van der Waals surface area (Å²) in [4.78, 5) is 27.6. The number of unbranched alkanes of at least 4 members (excludes halogenated alkanes) is 1. The van der Waals surface area contributed by atoms with Crippen LogP contribution in [0.4, 0.5) is 0 Å². The summed E-state index contributed by atoms with van der Waals surface area (Å²) in [5.41, 5.74) is 2.45. The molecule has 0 aromatic heterocycles. The van der Waals surface area contributed by atoms with Crippen LogP contribution < -0.4 is 9.47 Å². The first kappa shape index (κ1) is 23.4. The van der Waals surface area contributed by atoms with E-state index in [1.165, 1.54) is 19.8 Å². The molecule has 2 aromatic carbocycles. The molecule has 170 valence electrons. The summed E-state index contributed by atoms with van der Waals surface area (Å²) in [6, 6.07) is 12.2. The van der Waals surface area contributed by atoms with Crippen molar-refractivity contribution in [1.29, 1.82) is 0 Å². The molecule has 0 radical (unpaired) electrons. The Morgan fingerprint density at radius 3 is 2.25 bits per heavy atom. The molecule has 1 aliphatic rings. The van der Waals surface area contributed by atoms with Crippen molar-refractivity contribution < 1.29 is 24.2 Å². The number of ether oxygens (including phenoxy) is 2. The quantitative estimate of drug-likeness (QED) is 0.355. The lowest BCUT2D eigenvalue weighted by Crippen LogP contribution is -2.30. The van der Waals surface area contributed by atoms with Gasteiger partial charge in [-0.25, -0.2) is 0 Å². The molecular formula is C26H31NO5. The normalized spacial score (nSPS) is 17.8. The summed E-state index contributed by atoms with van der Waals surface area (Å²) >= 11 is 0. The highest BCUT2D eigenvalue weighted by Crippen LogP contribution is 2.41. The highest BCUT2D eigenvalue weighted by molar-refractivity contribution is 6.46. The molecule has 0 aliphatic carbocycles. The number of carbonyl (C=O) groups is 2. The van der Waals surface area contributed by atoms with Gasteiger partial charge in [0.2, 0.25) is 0 Å². The number of hydrogen-bond acceptors (Lipinski definition) is 5. The topological polar surface area (TPSA) is 76.1 Å². The Morgan fingerprint density at radius 1 is 1.03 bits per heavy atom. The van der Waals surface area contributed by atoms with Crippen LogP contribution in [0.2, 0.25) is 0 Å². The first-order chi connectivity index (χ1) is 15.3. The monoisotopic (exact) mass is 437 g/mol. The second-order valence-corrected chi connectivity index (χ2v) is 8.24. The van der Waals surface area contributed by atoms with E-state index in [1.807, 2.05) is 31.2 Å². The molecular weight excluding hydrogens is 406 g/mol. The number of amides is 1. The first-order valence-corrected chi connectivity index (χ1v) is 10.9. The number of benzene rings is 2. The molecule has 0 bridgehead atoms. The average Bonchev–Trinajstić information content (AvgIpc) is 3.06. The second-order valence-electron chi connectivity index (χ2n) is 8.24. The van der Waals surface area contributed by atoms with Gasteiger partial charge < -0.3 is 19.5 Å². The Kier molecular flexibility index (Phi) is 7.23. The van der Waals surface area contributed by atoms with Crippen molar-refractivity contribution in [2.75, 3.05) is 20.8 Å². The Bertz CT molecular complexity index is 1020. The molecule has 1 atom stereocenters. The molecule has 3 rings (SSSR count). The molecule has 6 nitrogen and oxygen atoms in total. The lowest BCUT2D eigenvalue weighted by Gasteiger charge is -2.25. The third-order valence-electron chi connectivity index (χ3n) is 5.87. The molecule has 32 heavy (non-hydrogen) atoms. The number of aliphatic hydroxyl groups excluding tert-OH is 1. The Balaban J connectivity index is 2.15. The van der Waals surface area contributed by atoms with E-state index in [-0.39, 0.29) is 11.3 Å². The number of aliphatic hydroxyl groups is 1. The minimum atomic E-state index is -0.675. The number of rotatable bonds is 8. The third-order valence-corrected chi connectivity index (χ3v) is 5.87. The van der Waals surface area contributed by atoms with Crippen LogP contribution in [0.3, 0.4) is 0 Å². The Labute approximate surface area is 189 Å². The van der Waals surface area contributed by atoms with Crippen LogP contribution in [0.25, 0.3) is 5.76 Å². The number of Topliss-reactive ketones (excluding diaryl/α,β-unsaturated/α-hetero) is 1. The molecule has 2 aromatic rings. The van der Waals surface area contributed by atoms with E-state index in [2.05, 4.69) is 13.8 Å². The molecule has 1 aliphatic heterocycles. The van der Waals surface area contributed by atoms with Gasteiger partial charge in [-0.2, -0.15) is 0 Å². The van der Waals surface area contributed by atoms with Gasteiger partial charge >= 0.3 is 0 Å². The lowest BCUT2D eigenvalue weighted by atomic mass is 9.93. The minimum Gasteiger partial charge on any atom is -0.507 e. The average molecular weight is 438 g/mol. The second kappa shape index (κ2) is 9.90. The van der Waals surface area contributed by atoms with Crippen molar-refractivity contribution in [2.24, 2.45) is 0 Å². The van der Waals surface area contributed by atoms with Crippen molar-refractivity contribution in [1.82, 2.24) is 4.90 Å². The number of hydrogen-bond donors (Lipinski definition) is 1. The number of ketones is 1. The largest absolute Gasteiger partial charge is 0.507 e. The van der Waals surface area contributed by atoms with Gasteiger partial charge in [0, 0.05) is 12.1 Å². The van der Waals surface area contributed by atoms with E-state index in [1.54, 1.807) is 23.1 Å². The molecule has 1 saturated heterocycles. The van der Waals surface area contributed by atoms with E-state index < -0.39 is 17.7 Å². The molecule has 1 fully saturated rings. The van der Waals surface area contributed by atoms with Crippen molar-refractivity contribution >= 4 is 17.4 Å². The molecule has 1 unspecified atom stereocenters. The maximum absolute atomic E-state index is 13.1. The predicted molar refractivity (Wildman–Crippen MR) is 124 cm³/mol. The van der Waals surface area contributed by atoms with Gasteiger partial charge in [-0.15, -0.1) is 0 Å². The summed E-state index contributed by atoms with van der Waals surface area (Å²) in [5.74, 6) is -0.184. The highest BCUT2D eigenvalue weighted by Gasteiger charge is 2.45. The van der Waals surface area contributed by atoms with Crippen LogP contribution in [-0.2, 0) is 9.59 Å². The van der Waals surface area contributed by atoms with Gasteiger partial charge in [0.15, 0.2) is 11.5 Å². The van der Waals surface area contributed by atoms with Crippen LogP contribution in [0, 0.1) is 0 Å². The summed E-state index contributed by atoms with van der Waals surface area (Å²) in [5, 5.41) is 11.2. The van der Waals surface area contributed by atoms with Crippen molar-refractivity contribution in [3.63, 3.8) is 0 Å². The van der Waals surface area contributed by atoms with Gasteiger partial charge in [0.05, 0.1) is 25.8 Å². The summed E-state index contributed by atoms with van der Waals surface area (Å²) < 4.78 is 10.6. The molecule has 0 saturated carbocycles. The van der Waals surface area contributed by atoms with Gasteiger partial charge in [-0.3, -0.25) is 9.59 Å². The molecule has 6 heteroatoms. The smallest absolute Gasteiger partial charge is 0.295 e. The zero-order chi connectivity index (χ0) is 23.4. The van der Waals surface area contributed by atoms with Crippen molar-refractivity contribution in [3.8, 4) is 11.5 Å².